The molecule has 1 aromatic rings. The van der Waals surface area contributed by atoms with Gasteiger partial charge in [0.05, 0.1) is 0 Å². The topological polar surface area (TPSA) is 70.2 Å². The number of anilines is 1. The molecule has 1 rings (SSSR count). The van der Waals surface area contributed by atoms with Gasteiger partial charge in [0, 0.05) is 31.6 Å². The molecule has 0 saturated carbocycles. The molecule has 0 bridgehead atoms. The molecule has 3 N–H and O–H groups in total. The molecule has 0 radical (unpaired) electrons. The van der Waals surface area contributed by atoms with Gasteiger partial charge in [-0.05, 0) is 31.2 Å². The van der Waals surface area contributed by atoms with Crippen molar-refractivity contribution in [3.8, 4) is 0 Å². The van der Waals surface area contributed by atoms with Gasteiger partial charge in [0.2, 0.25) is 11.8 Å². The summed E-state index contributed by atoms with van der Waals surface area (Å²) >= 11 is 0. The average Bonchev–Trinajstić information content (AvgIpc) is 2.40. The van der Waals surface area contributed by atoms with Crippen molar-refractivity contribution in [1.82, 2.24) is 10.6 Å². The molecular weight excluding hydrogens is 254 g/mol. The van der Waals surface area contributed by atoms with Crippen LogP contribution in [0, 0.1) is 5.92 Å². The highest BCUT2D eigenvalue weighted by molar-refractivity contribution is 5.88. The molecule has 1 unspecified atom stereocenters. The van der Waals surface area contributed by atoms with Crippen LogP contribution in [0.3, 0.4) is 0 Å². The number of benzene rings is 1. The van der Waals surface area contributed by atoms with E-state index >= 15 is 0 Å². The smallest absolute Gasteiger partial charge is 0.224 e. The lowest BCUT2D eigenvalue weighted by Gasteiger charge is -2.11. The summed E-state index contributed by atoms with van der Waals surface area (Å²) in [6, 6.07) is 7.63. The van der Waals surface area contributed by atoms with Gasteiger partial charge in [-0.1, -0.05) is 19.1 Å². The maximum atomic E-state index is 11.7. The highest BCUT2D eigenvalue weighted by Crippen LogP contribution is 2.09. The molecule has 20 heavy (non-hydrogen) atoms. The van der Waals surface area contributed by atoms with Crippen molar-refractivity contribution in [3.05, 3.63) is 29.8 Å². The number of nitrogens with one attached hydrogen (secondary N) is 3. The maximum absolute atomic E-state index is 11.7. The van der Waals surface area contributed by atoms with Crippen LogP contribution in [-0.2, 0) is 16.0 Å². The van der Waals surface area contributed by atoms with Crippen molar-refractivity contribution < 1.29 is 9.59 Å². The lowest BCUT2D eigenvalue weighted by Crippen LogP contribution is -2.35. The second kappa shape index (κ2) is 8.32. The number of carbonyl (C=O) groups is 2. The molecule has 110 valence electrons. The molecular formula is C15H23N3O2. The number of hydrogen-bond acceptors (Lipinski definition) is 3. The molecule has 1 atom stereocenters. The number of hydrogen-bond donors (Lipinski definition) is 3. The monoisotopic (exact) mass is 277 g/mol. The number of carbonyl (C=O) groups excluding carboxylic acids is 2. The molecule has 0 saturated heterocycles. The zero-order valence-electron chi connectivity index (χ0n) is 12.3. The summed E-state index contributed by atoms with van der Waals surface area (Å²) in [7, 11) is 1.83. The lowest BCUT2D eigenvalue weighted by molar-refractivity contribution is -0.124. The Kier molecular flexibility index (Phi) is 6.73. The van der Waals surface area contributed by atoms with Gasteiger partial charge < -0.3 is 16.0 Å². The molecule has 2 amide bonds. The van der Waals surface area contributed by atoms with Crippen LogP contribution in [0.4, 0.5) is 5.69 Å². The summed E-state index contributed by atoms with van der Waals surface area (Å²) in [6.07, 6.45) is 0.776. The van der Waals surface area contributed by atoms with Crippen molar-refractivity contribution in [3.63, 3.8) is 0 Å². The van der Waals surface area contributed by atoms with Gasteiger partial charge in [0.1, 0.15) is 0 Å². The van der Waals surface area contributed by atoms with E-state index in [0.717, 1.165) is 17.7 Å². The van der Waals surface area contributed by atoms with Crippen LogP contribution < -0.4 is 16.0 Å². The van der Waals surface area contributed by atoms with Gasteiger partial charge in [0.25, 0.3) is 0 Å². The Balaban J connectivity index is 2.35. The van der Waals surface area contributed by atoms with Crippen molar-refractivity contribution in [2.24, 2.45) is 5.92 Å². The van der Waals surface area contributed by atoms with E-state index in [9.17, 15) is 9.59 Å². The fraction of sp³-hybridized carbons (Fsp3) is 0.467. The van der Waals surface area contributed by atoms with Crippen LogP contribution in [0.5, 0.6) is 0 Å². The van der Waals surface area contributed by atoms with Gasteiger partial charge in [0.15, 0.2) is 0 Å². The number of rotatable bonds is 7. The fourth-order valence-corrected chi connectivity index (χ4v) is 1.86. The van der Waals surface area contributed by atoms with E-state index in [4.69, 9.17) is 0 Å². The van der Waals surface area contributed by atoms with E-state index in [1.807, 2.05) is 38.2 Å². The maximum Gasteiger partial charge on any atom is 0.224 e. The first-order valence-electron chi connectivity index (χ1n) is 6.81. The van der Waals surface area contributed by atoms with Crippen LogP contribution >= 0.6 is 0 Å². The fourth-order valence-electron chi connectivity index (χ4n) is 1.86. The van der Waals surface area contributed by atoms with Crippen LogP contribution in [0.25, 0.3) is 0 Å². The zero-order chi connectivity index (χ0) is 15.0. The Bertz CT molecular complexity index is 443. The quantitative estimate of drug-likeness (QED) is 0.700. The van der Waals surface area contributed by atoms with Crippen LogP contribution in [0.15, 0.2) is 24.3 Å². The van der Waals surface area contributed by atoms with Crippen LogP contribution in [0.2, 0.25) is 0 Å². The normalized spacial score (nSPS) is 11.8. The van der Waals surface area contributed by atoms with Crippen molar-refractivity contribution in [2.75, 3.05) is 25.5 Å². The second-order valence-corrected chi connectivity index (χ2v) is 4.88. The van der Waals surface area contributed by atoms with E-state index < -0.39 is 0 Å². The highest BCUT2D eigenvalue weighted by atomic mass is 16.2. The van der Waals surface area contributed by atoms with Crippen molar-refractivity contribution in [1.29, 1.82) is 0 Å². The SMILES string of the molecule is CNCC(C)C(=O)NCCc1ccc(NC(C)=O)cc1. The number of amides is 2. The summed E-state index contributed by atoms with van der Waals surface area (Å²) in [4.78, 5) is 22.6. The predicted molar refractivity (Wildman–Crippen MR) is 80.6 cm³/mol. The van der Waals surface area contributed by atoms with Gasteiger partial charge in [-0.15, -0.1) is 0 Å². The van der Waals surface area contributed by atoms with E-state index in [0.29, 0.717) is 13.1 Å². The molecule has 1 aromatic carbocycles. The van der Waals surface area contributed by atoms with Crippen LogP contribution in [0.1, 0.15) is 19.4 Å². The second-order valence-electron chi connectivity index (χ2n) is 4.88. The average molecular weight is 277 g/mol. The van der Waals surface area contributed by atoms with Gasteiger partial charge >= 0.3 is 0 Å². The Hall–Kier alpha value is -1.88. The van der Waals surface area contributed by atoms with Gasteiger partial charge in [-0.3, -0.25) is 9.59 Å². The third-order valence-electron chi connectivity index (χ3n) is 2.95. The standard InChI is InChI=1S/C15H23N3O2/c1-11(10-16-3)15(20)17-9-8-13-4-6-14(7-5-13)18-12(2)19/h4-7,11,16H,8-10H2,1-3H3,(H,17,20)(H,18,19). The minimum atomic E-state index is -0.0801. The Labute approximate surface area is 120 Å². The predicted octanol–water partition coefficient (Wildman–Crippen LogP) is 1.16. The van der Waals surface area contributed by atoms with E-state index in [1.165, 1.54) is 6.92 Å². The van der Waals surface area contributed by atoms with Gasteiger partial charge in [-0.2, -0.15) is 0 Å². The Morgan fingerprint density at radius 2 is 1.85 bits per heavy atom. The largest absolute Gasteiger partial charge is 0.355 e. The molecule has 0 fully saturated rings. The van der Waals surface area contributed by atoms with Crippen molar-refractivity contribution in [2.45, 2.75) is 20.3 Å². The molecule has 0 aromatic heterocycles. The summed E-state index contributed by atoms with van der Waals surface area (Å²) in [5.74, 6) is -0.0418. The summed E-state index contributed by atoms with van der Waals surface area (Å²) in [6.45, 7) is 4.67. The molecule has 0 heterocycles. The molecule has 0 spiro atoms. The summed E-state index contributed by atoms with van der Waals surface area (Å²) in [5.41, 5.74) is 1.91. The third-order valence-corrected chi connectivity index (χ3v) is 2.95. The first kappa shape index (κ1) is 16.2. The Morgan fingerprint density at radius 3 is 2.40 bits per heavy atom. The molecule has 5 nitrogen and oxygen atoms in total. The van der Waals surface area contributed by atoms with Crippen molar-refractivity contribution >= 4 is 17.5 Å². The highest BCUT2D eigenvalue weighted by Gasteiger charge is 2.10. The first-order chi connectivity index (χ1) is 9.52. The minimum Gasteiger partial charge on any atom is -0.355 e. The summed E-state index contributed by atoms with van der Waals surface area (Å²) in [5, 5.41) is 8.62. The lowest BCUT2D eigenvalue weighted by atomic mass is 10.1. The third kappa shape index (κ3) is 5.84. The molecule has 0 aliphatic rings. The molecule has 0 aliphatic heterocycles. The van der Waals surface area contributed by atoms with Crippen LogP contribution in [-0.4, -0.2) is 32.0 Å². The zero-order valence-corrected chi connectivity index (χ0v) is 12.3. The van der Waals surface area contributed by atoms with E-state index in [1.54, 1.807) is 0 Å². The molecule has 0 aliphatic carbocycles. The minimum absolute atomic E-state index is 0.0258. The first-order valence-corrected chi connectivity index (χ1v) is 6.81. The molecule has 5 heteroatoms. The van der Waals surface area contributed by atoms with E-state index in [2.05, 4.69) is 16.0 Å². The van der Waals surface area contributed by atoms with E-state index in [-0.39, 0.29) is 17.7 Å². The Morgan fingerprint density at radius 1 is 1.20 bits per heavy atom. The van der Waals surface area contributed by atoms with Gasteiger partial charge in [-0.25, -0.2) is 0 Å². The summed E-state index contributed by atoms with van der Waals surface area (Å²) < 4.78 is 0.